The number of phosphoric acid groups is 2. The van der Waals surface area contributed by atoms with E-state index in [1.54, 1.807) is 0 Å². The van der Waals surface area contributed by atoms with E-state index in [1.807, 2.05) is 0 Å². The average Bonchev–Trinajstić information content (AvgIpc) is 3.94. The lowest BCUT2D eigenvalue weighted by atomic mass is 10.1. The van der Waals surface area contributed by atoms with Crippen LogP contribution in [0.2, 0.25) is 0 Å². The molecule has 0 aromatic carbocycles. The second kappa shape index (κ2) is 16.6. The highest BCUT2D eigenvalue weighted by Gasteiger charge is 2.50. The largest absolute Gasteiger partial charge is 0.472 e. The third kappa shape index (κ3) is 8.94. The molecule has 12 atom stereocenters. The van der Waals surface area contributed by atoms with Crippen molar-refractivity contribution in [1.82, 2.24) is 38.6 Å². The monoisotopic (exact) mass is 875 g/mol. The van der Waals surface area contributed by atoms with Gasteiger partial charge in [-0.1, -0.05) is 0 Å². The van der Waals surface area contributed by atoms with Gasteiger partial charge >= 0.3 is 27.0 Å². The summed E-state index contributed by atoms with van der Waals surface area (Å²) in [4.78, 5) is 86.6. The van der Waals surface area contributed by atoms with Gasteiger partial charge in [-0.3, -0.25) is 51.4 Å². The lowest BCUT2D eigenvalue weighted by Gasteiger charge is -2.25. The van der Waals surface area contributed by atoms with Crippen LogP contribution < -0.4 is 28.2 Å². The zero-order valence-corrected chi connectivity index (χ0v) is 32.6. The highest BCUT2D eigenvalue weighted by atomic mass is 31.2. The number of nitrogens with zero attached hydrogens (tertiary/aromatic N) is 6. The lowest BCUT2D eigenvalue weighted by molar-refractivity contribution is -0.0616. The molecular formula is C30H39N9O18P2. The highest BCUT2D eigenvalue weighted by Crippen LogP contribution is 2.52. The van der Waals surface area contributed by atoms with Gasteiger partial charge in [0.05, 0.1) is 32.3 Å². The number of rotatable bonds is 14. The van der Waals surface area contributed by atoms with Crippen LogP contribution >= 0.6 is 15.6 Å². The van der Waals surface area contributed by atoms with Crippen LogP contribution in [-0.2, 0) is 41.4 Å². The first-order valence-electron chi connectivity index (χ1n) is 17.7. The molecule has 3 aliphatic rings. The number of phosphoric ester groups is 2. The number of H-pyrrole nitrogens is 2. The fraction of sp³-hybridized carbons (Fsp3) is 0.567. The van der Waals surface area contributed by atoms with E-state index in [1.165, 1.54) is 30.9 Å². The van der Waals surface area contributed by atoms with Gasteiger partial charge < -0.3 is 45.1 Å². The van der Waals surface area contributed by atoms with Crippen molar-refractivity contribution in [2.75, 3.05) is 25.6 Å². The first-order valence-corrected chi connectivity index (χ1v) is 20.7. The summed E-state index contributed by atoms with van der Waals surface area (Å²) < 4.78 is 68.1. The van der Waals surface area contributed by atoms with Gasteiger partial charge in [0.25, 0.3) is 11.1 Å². The second-order valence-corrected chi connectivity index (χ2v) is 16.6. The summed E-state index contributed by atoms with van der Waals surface area (Å²) in [6, 6.07) is 0. The second-order valence-electron chi connectivity index (χ2n) is 13.8. The number of aryl methyl sites for hydroxylation is 2. The molecule has 322 valence electrons. The van der Waals surface area contributed by atoms with Gasteiger partial charge in [0.15, 0.2) is 17.7 Å². The summed E-state index contributed by atoms with van der Waals surface area (Å²) in [5.41, 5.74) is 3.37. The van der Waals surface area contributed by atoms with Gasteiger partial charge in [0.2, 0.25) is 0 Å². The van der Waals surface area contributed by atoms with Gasteiger partial charge in [-0.05, 0) is 13.8 Å². The van der Waals surface area contributed by atoms with Crippen LogP contribution in [0, 0.1) is 13.8 Å². The number of hydrogen-bond acceptors (Lipinski definition) is 20. The molecule has 2 unspecified atom stereocenters. The Labute approximate surface area is 329 Å². The molecule has 0 spiro atoms. The maximum atomic E-state index is 13.3. The minimum absolute atomic E-state index is 0.0254. The SMILES string of the molecule is Cc1cn([C@H]2C[C@H](OP(=O)(O)OC[C@H]3O[C@@H](n4cc(C)c(=O)[nH]c4=O)C[C@@H]3O)[C@@H](COP(=O)(O)O[C@H]3[C@@H](O)[C@H](n4cnc5c(N)ncnc54)O[C@@H]3CO)O2)c(=O)[nH]c1=O. The number of aliphatic hydroxyl groups excluding tert-OH is 3. The molecule has 0 saturated carbocycles. The van der Waals surface area contributed by atoms with E-state index in [9.17, 15) is 53.4 Å². The van der Waals surface area contributed by atoms with Gasteiger partial charge in [0.1, 0.15) is 60.9 Å². The quantitative estimate of drug-likeness (QED) is 0.0598. The number of imidazole rings is 1. The van der Waals surface area contributed by atoms with Crippen molar-refractivity contribution >= 4 is 32.6 Å². The van der Waals surface area contributed by atoms with Gasteiger partial charge in [-0.2, -0.15) is 0 Å². The van der Waals surface area contributed by atoms with E-state index >= 15 is 0 Å². The normalized spacial score (nSPS) is 30.5. The first kappa shape index (κ1) is 42.8. The van der Waals surface area contributed by atoms with Crippen LogP contribution in [0.5, 0.6) is 0 Å². The lowest BCUT2D eigenvalue weighted by Crippen LogP contribution is -2.36. The fourth-order valence-electron chi connectivity index (χ4n) is 6.77. The topological polar surface area (TPSA) is 379 Å². The van der Waals surface area contributed by atoms with E-state index in [4.69, 9.17) is 38.0 Å². The third-order valence-corrected chi connectivity index (χ3v) is 11.8. The Morgan fingerprint density at radius 1 is 0.814 bits per heavy atom. The summed E-state index contributed by atoms with van der Waals surface area (Å²) in [7, 11) is -10.4. The summed E-state index contributed by atoms with van der Waals surface area (Å²) >= 11 is 0. The Kier molecular flexibility index (Phi) is 12.1. The minimum atomic E-state index is -5.23. The molecule has 3 fully saturated rings. The standard InChI is InChI=1S/C30H39N9O18P2/c1-12-5-37(29(45)35-26(12)43)19-3-14(41)17(53-19)8-51-58(47,48)56-15-4-20(38-6-13(2)27(44)36-30(38)46)54-18(15)9-52-59(49,50)57-23-16(7-40)55-28(22(23)42)39-11-34-21-24(31)32-10-33-25(21)39/h5-6,10-11,14-20,22-23,28,40-42H,3-4,7-9H2,1-2H3,(H,47,48)(H,49,50)(H2,31,32,33)(H,35,43,45)(H,36,44,46)/t14-,15-,16+,17+,18+,19+,20+,22+,23+,28+/m0/s1. The van der Waals surface area contributed by atoms with Crippen molar-refractivity contribution in [3.05, 3.63) is 77.9 Å². The van der Waals surface area contributed by atoms with E-state index in [-0.39, 0.29) is 41.0 Å². The predicted octanol–water partition coefficient (Wildman–Crippen LogP) is -2.68. The average molecular weight is 876 g/mol. The molecule has 0 bridgehead atoms. The van der Waals surface area contributed by atoms with Crippen molar-refractivity contribution in [2.45, 2.75) is 88.1 Å². The van der Waals surface area contributed by atoms with Crippen LogP contribution in [0.3, 0.4) is 0 Å². The number of aliphatic hydroxyl groups is 3. The molecule has 0 radical (unpaired) electrons. The Morgan fingerprint density at radius 2 is 1.39 bits per heavy atom. The van der Waals surface area contributed by atoms with Crippen molar-refractivity contribution in [1.29, 1.82) is 0 Å². The van der Waals surface area contributed by atoms with Crippen LogP contribution in [0.1, 0.15) is 42.7 Å². The fourth-order valence-corrected chi connectivity index (χ4v) is 8.70. The zero-order valence-electron chi connectivity index (χ0n) is 30.8. The van der Waals surface area contributed by atoms with Crippen LogP contribution in [0.15, 0.2) is 44.2 Å². The van der Waals surface area contributed by atoms with Crippen LogP contribution in [-0.4, -0.2) is 126 Å². The molecule has 29 heteroatoms. The molecule has 0 aliphatic carbocycles. The highest BCUT2D eigenvalue weighted by molar-refractivity contribution is 7.47. The van der Waals surface area contributed by atoms with E-state index in [0.717, 1.165) is 21.7 Å². The molecule has 9 N–H and O–H groups in total. The number of nitrogens with two attached hydrogens (primary N) is 1. The number of fused-ring (bicyclic) bond motifs is 1. The number of anilines is 1. The smallest absolute Gasteiger partial charge is 0.394 e. The number of nitrogens with one attached hydrogen (secondary N) is 2. The van der Waals surface area contributed by atoms with Crippen molar-refractivity contribution in [3.63, 3.8) is 0 Å². The molecule has 27 nitrogen and oxygen atoms in total. The van der Waals surface area contributed by atoms with Crippen LogP contribution in [0.4, 0.5) is 5.82 Å². The Hall–Kier alpha value is -4.31. The number of aromatic amines is 2. The summed E-state index contributed by atoms with van der Waals surface area (Å²) in [6.07, 6.45) is -9.92. The molecule has 4 aromatic heterocycles. The molecule has 3 saturated heterocycles. The number of hydrogen-bond donors (Lipinski definition) is 8. The van der Waals surface area contributed by atoms with Gasteiger partial charge in [-0.15, -0.1) is 0 Å². The van der Waals surface area contributed by atoms with Gasteiger partial charge in [-0.25, -0.2) is 33.7 Å². The Morgan fingerprint density at radius 3 is 2.02 bits per heavy atom. The third-order valence-electron chi connectivity index (χ3n) is 9.77. The van der Waals surface area contributed by atoms with E-state index in [2.05, 4.69) is 24.9 Å². The van der Waals surface area contributed by atoms with Crippen molar-refractivity contribution in [2.24, 2.45) is 0 Å². The van der Waals surface area contributed by atoms with Crippen molar-refractivity contribution in [3.8, 4) is 0 Å². The maximum absolute atomic E-state index is 13.3. The summed E-state index contributed by atoms with van der Waals surface area (Å²) in [6.45, 7) is 0.402. The van der Waals surface area contributed by atoms with Crippen LogP contribution in [0.25, 0.3) is 11.2 Å². The minimum Gasteiger partial charge on any atom is -0.394 e. The number of aromatic nitrogens is 8. The number of nitrogen functional groups attached to an aromatic ring is 1. The van der Waals surface area contributed by atoms with Crippen molar-refractivity contribution < 1.29 is 66.5 Å². The van der Waals surface area contributed by atoms with E-state index in [0.29, 0.717) is 0 Å². The summed E-state index contributed by atoms with van der Waals surface area (Å²) in [5.74, 6) is 0.0254. The molecule has 4 aromatic rings. The molecule has 59 heavy (non-hydrogen) atoms. The molecule has 0 amide bonds. The van der Waals surface area contributed by atoms with E-state index < -0.39 is 119 Å². The Bertz CT molecular complexity index is 2540. The number of ether oxygens (including phenoxy) is 3. The first-order chi connectivity index (χ1) is 27.8. The molecule has 7 rings (SSSR count). The molecule has 7 heterocycles. The zero-order chi connectivity index (χ0) is 42.6. The molecule has 3 aliphatic heterocycles. The van der Waals surface area contributed by atoms with Gasteiger partial charge in [0, 0.05) is 36.4 Å². The predicted molar refractivity (Wildman–Crippen MR) is 193 cm³/mol. The summed E-state index contributed by atoms with van der Waals surface area (Å²) in [5, 5.41) is 31.7. The Balaban J connectivity index is 1.04. The molecular weight excluding hydrogens is 836 g/mol. The maximum Gasteiger partial charge on any atom is 0.472 e.